The predicted molar refractivity (Wildman–Crippen MR) is 72.1 cm³/mol. The van der Waals surface area contributed by atoms with E-state index in [1.54, 1.807) is 7.05 Å². The van der Waals surface area contributed by atoms with Crippen LogP contribution in [0.3, 0.4) is 0 Å². The van der Waals surface area contributed by atoms with E-state index in [4.69, 9.17) is 11.5 Å². The van der Waals surface area contributed by atoms with Gasteiger partial charge in [-0.3, -0.25) is 4.79 Å². The van der Waals surface area contributed by atoms with Crippen molar-refractivity contribution in [2.24, 2.45) is 5.73 Å². The number of primary amides is 1. The molecule has 4 nitrogen and oxygen atoms in total. The van der Waals surface area contributed by atoms with E-state index in [0.717, 1.165) is 18.9 Å². The fraction of sp³-hybridized carbons (Fsp3) is 0.462. The number of anilines is 2. The summed E-state index contributed by atoms with van der Waals surface area (Å²) < 4.78 is 13.9. The molecule has 1 aromatic rings. The quantitative estimate of drug-likeness (QED) is 0.789. The molecule has 0 atom stereocenters. The van der Waals surface area contributed by atoms with Crippen LogP contribution in [0.1, 0.15) is 37.0 Å². The SMILES string of the molecule is CCC(CC)N(C)c1cc(C(N)=O)c(N)cc1F. The minimum absolute atomic E-state index is 0.0710. The number of nitrogens with two attached hydrogens (primary N) is 2. The van der Waals surface area contributed by atoms with E-state index >= 15 is 0 Å². The Labute approximate surface area is 107 Å². The lowest BCUT2D eigenvalue weighted by molar-refractivity contribution is 0.100. The first-order chi connectivity index (χ1) is 8.42. The highest BCUT2D eigenvalue weighted by Gasteiger charge is 2.18. The zero-order valence-corrected chi connectivity index (χ0v) is 11.0. The van der Waals surface area contributed by atoms with Gasteiger partial charge in [0.15, 0.2) is 0 Å². The third-order valence-corrected chi connectivity index (χ3v) is 3.25. The first kappa shape index (κ1) is 14.3. The Morgan fingerprint density at radius 3 is 2.39 bits per heavy atom. The number of benzene rings is 1. The number of nitrogen functional groups attached to an aromatic ring is 1. The van der Waals surface area contributed by atoms with Gasteiger partial charge in [0.05, 0.1) is 11.3 Å². The summed E-state index contributed by atoms with van der Waals surface area (Å²) in [5.41, 5.74) is 11.4. The van der Waals surface area contributed by atoms with Crippen molar-refractivity contribution >= 4 is 17.3 Å². The molecule has 18 heavy (non-hydrogen) atoms. The van der Waals surface area contributed by atoms with Crippen molar-refractivity contribution in [3.63, 3.8) is 0 Å². The summed E-state index contributed by atoms with van der Waals surface area (Å²) in [5.74, 6) is -1.08. The van der Waals surface area contributed by atoms with Gasteiger partial charge in [-0.15, -0.1) is 0 Å². The van der Waals surface area contributed by atoms with E-state index in [2.05, 4.69) is 0 Å². The number of amides is 1. The summed E-state index contributed by atoms with van der Waals surface area (Å²) in [5, 5.41) is 0. The fourth-order valence-corrected chi connectivity index (χ4v) is 2.09. The summed E-state index contributed by atoms with van der Waals surface area (Å²) in [4.78, 5) is 13.0. The van der Waals surface area contributed by atoms with Crippen molar-refractivity contribution in [3.8, 4) is 0 Å². The second-order valence-corrected chi connectivity index (χ2v) is 4.34. The molecular weight excluding hydrogens is 233 g/mol. The van der Waals surface area contributed by atoms with Gasteiger partial charge in [-0.1, -0.05) is 13.8 Å². The van der Waals surface area contributed by atoms with Gasteiger partial charge in [-0.05, 0) is 25.0 Å². The van der Waals surface area contributed by atoms with Crippen LogP contribution in [0, 0.1) is 5.82 Å². The number of halogens is 1. The maximum Gasteiger partial charge on any atom is 0.250 e. The first-order valence-electron chi connectivity index (χ1n) is 6.03. The van der Waals surface area contributed by atoms with Crippen molar-refractivity contribution in [2.75, 3.05) is 17.7 Å². The first-order valence-corrected chi connectivity index (χ1v) is 6.03. The summed E-state index contributed by atoms with van der Waals surface area (Å²) in [6.45, 7) is 4.07. The lowest BCUT2D eigenvalue weighted by atomic mass is 10.1. The summed E-state index contributed by atoms with van der Waals surface area (Å²) >= 11 is 0. The second kappa shape index (κ2) is 5.71. The molecule has 0 aliphatic carbocycles. The average Bonchev–Trinajstić information content (AvgIpc) is 2.29. The Morgan fingerprint density at radius 2 is 1.94 bits per heavy atom. The van der Waals surface area contributed by atoms with Crippen LogP contribution in [0.15, 0.2) is 12.1 Å². The van der Waals surface area contributed by atoms with Crippen LogP contribution in [-0.4, -0.2) is 19.0 Å². The van der Waals surface area contributed by atoms with E-state index < -0.39 is 11.7 Å². The number of hydrogen-bond acceptors (Lipinski definition) is 3. The molecule has 4 N–H and O–H groups in total. The molecule has 0 unspecified atom stereocenters. The van der Waals surface area contributed by atoms with E-state index in [1.807, 2.05) is 18.7 Å². The van der Waals surface area contributed by atoms with Crippen molar-refractivity contribution < 1.29 is 9.18 Å². The summed E-state index contributed by atoms with van der Waals surface area (Å²) in [6.07, 6.45) is 1.78. The summed E-state index contributed by atoms with van der Waals surface area (Å²) in [6, 6.07) is 2.78. The van der Waals surface area contributed by atoms with Gasteiger partial charge in [0, 0.05) is 18.8 Å². The van der Waals surface area contributed by atoms with Gasteiger partial charge in [-0.25, -0.2) is 4.39 Å². The molecule has 1 rings (SSSR count). The molecule has 0 fully saturated rings. The highest BCUT2D eigenvalue weighted by molar-refractivity contribution is 5.99. The lowest BCUT2D eigenvalue weighted by Crippen LogP contribution is -2.31. The molecule has 0 aliphatic heterocycles. The molecule has 100 valence electrons. The van der Waals surface area contributed by atoms with Gasteiger partial charge in [-0.2, -0.15) is 0 Å². The topological polar surface area (TPSA) is 72.3 Å². The lowest BCUT2D eigenvalue weighted by Gasteiger charge is -2.29. The molecule has 0 aromatic heterocycles. The number of carbonyl (C=O) groups excluding carboxylic acids is 1. The van der Waals surface area contributed by atoms with Crippen LogP contribution in [0.4, 0.5) is 15.8 Å². The normalized spacial score (nSPS) is 10.7. The Balaban J connectivity index is 3.23. The van der Waals surface area contributed by atoms with Gasteiger partial charge < -0.3 is 16.4 Å². The highest BCUT2D eigenvalue weighted by Crippen LogP contribution is 2.27. The molecule has 0 heterocycles. The van der Waals surface area contributed by atoms with E-state index in [1.165, 1.54) is 6.07 Å². The van der Waals surface area contributed by atoms with Crippen molar-refractivity contribution in [1.29, 1.82) is 0 Å². The Kier molecular flexibility index (Phi) is 4.53. The molecule has 0 saturated carbocycles. The summed E-state index contributed by atoms with van der Waals surface area (Å²) in [7, 11) is 1.80. The van der Waals surface area contributed by atoms with Crippen molar-refractivity contribution in [2.45, 2.75) is 32.7 Å². The van der Waals surface area contributed by atoms with Crippen LogP contribution in [-0.2, 0) is 0 Å². The zero-order chi connectivity index (χ0) is 13.9. The van der Waals surface area contributed by atoms with Crippen LogP contribution in [0.2, 0.25) is 0 Å². The minimum atomic E-state index is -0.647. The standard InChI is InChI=1S/C13H20FN3O/c1-4-8(5-2)17(3)12-6-9(13(16)18)11(15)7-10(12)14/h6-8H,4-5,15H2,1-3H3,(H2,16,18). The Hall–Kier alpha value is -1.78. The largest absolute Gasteiger partial charge is 0.398 e. The number of rotatable bonds is 5. The molecular formula is C13H20FN3O. The highest BCUT2D eigenvalue weighted by atomic mass is 19.1. The minimum Gasteiger partial charge on any atom is -0.398 e. The van der Waals surface area contributed by atoms with Gasteiger partial charge in [0.25, 0.3) is 5.91 Å². The second-order valence-electron chi connectivity index (χ2n) is 4.34. The van der Waals surface area contributed by atoms with Crippen molar-refractivity contribution in [1.82, 2.24) is 0 Å². The number of nitrogens with zero attached hydrogens (tertiary/aromatic N) is 1. The smallest absolute Gasteiger partial charge is 0.250 e. The van der Waals surface area contributed by atoms with Crippen LogP contribution >= 0.6 is 0 Å². The van der Waals surface area contributed by atoms with Crippen LogP contribution < -0.4 is 16.4 Å². The van der Waals surface area contributed by atoms with E-state index in [0.29, 0.717) is 5.69 Å². The third-order valence-electron chi connectivity index (χ3n) is 3.25. The van der Waals surface area contributed by atoms with E-state index in [9.17, 15) is 9.18 Å². The predicted octanol–water partition coefficient (Wildman–Crippen LogP) is 2.13. The molecule has 0 radical (unpaired) electrons. The van der Waals surface area contributed by atoms with Gasteiger partial charge in [0.1, 0.15) is 5.82 Å². The number of hydrogen-bond donors (Lipinski definition) is 2. The Bertz CT molecular complexity index is 444. The number of carbonyl (C=O) groups is 1. The molecule has 1 aromatic carbocycles. The average molecular weight is 253 g/mol. The molecule has 1 amide bonds. The van der Waals surface area contributed by atoms with Crippen LogP contribution in [0.5, 0.6) is 0 Å². The zero-order valence-electron chi connectivity index (χ0n) is 11.0. The van der Waals surface area contributed by atoms with Crippen molar-refractivity contribution in [3.05, 3.63) is 23.5 Å². The molecule has 0 bridgehead atoms. The monoisotopic (exact) mass is 253 g/mol. The van der Waals surface area contributed by atoms with Crippen LogP contribution in [0.25, 0.3) is 0 Å². The van der Waals surface area contributed by atoms with Gasteiger partial charge in [0.2, 0.25) is 0 Å². The maximum absolute atomic E-state index is 13.9. The maximum atomic E-state index is 13.9. The van der Waals surface area contributed by atoms with E-state index in [-0.39, 0.29) is 17.3 Å². The Morgan fingerprint density at radius 1 is 1.39 bits per heavy atom. The van der Waals surface area contributed by atoms with Gasteiger partial charge >= 0.3 is 0 Å². The molecule has 0 saturated heterocycles. The fourth-order valence-electron chi connectivity index (χ4n) is 2.09. The molecule has 5 heteroatoms. The molecule has 0 spiro atoms. The molecule has 0 aliphatic rings. The third kappa shape index (κ3) is 2.72.